The molecule has 1 aromatic heterocycles. The molecular weight excluding hydrogens is 314 g/mol. The van der Waals surface area contributed by atoms with Gasteiger partial charge in [0, 0.05) is 59.3 Å². The van der Waals surface area contributed by atoms with E-state index < -0.39 is 0 Å². The molecule has 1 saturated heterocycles. The first-order valence-electron chi connectivity index (χ1n) is 8.82. The molecule has 2 heterocycles. The SMILES string of the molecule is CN(C)c1nccnc1NCC1CN(Cc2ccccc2)CCCO1. The molecule has 1 fully saturated rings. The molecule has 2 aromatic rings. The van der Waals surface area contributed by atoms with Crippen LogP contribution in [0.5, 0.6) is 0 Å². The van der Waals surface area contributed by atoms with Gasteiger partial charge in [-0.1, -0.05) is 30.3 Å². The van der Waals surface area contributed by atoms with Crippen molar-refractivity contribution < 1.29 is 4.74 Å². The van der Waals surface area contributed by atoms with Crippen molar-refractivity contribution in [2.45, 2.75) is 19.1 Å². The summed E-state index contributed by atoms with van der Waals surface area (Å²) in [6.45, 7) is 4.48. The molecule has 0 amide bonds. The van der Waals surface area contributed by atoms with Crippen molar-refractivity contribution >= 4 is 11.6 Å². The van der Waals surface area contributed by atoms with Crippen molar-refractivity contribution in [3.05, 3.63) is 48.3 Å². The van der Waals surface area contributed by atoms with Gasteiger partial charge in [0.2, 0.25) is 0 Å². The molecular formula is C19H27N5O. The highest BCUT2D eigenvalue weighted by atomic mass is 16.5. The Morgan fingerprint density at radius 3 is 2.80 bits per heavy atom. The fourth-order valence-electron chi connectivity index (χ4n) is 3.07. The third-order valence-corrected chi connectivity index (χ3v) is 4.28. The minimum atomic E-state index is 0.142. The Kier molecular flexibility index (Phi) is 6.19. The lowest BCUT2D eigenvalue weighted by molar-refractivity contribution is 0.0625. The molecule has 1 aliphatic rings. The Morgan fingerprint density at radius 1 is 1.20 bits per heavy atom. The molecule has 0 spiro atoms. The number of hydrogen-bond acceptors (Lipinski definition) is 6. The van der Waals surface area contributed by atoms with Crippen LogP contribution in [0.1, 0.15) is 12.0 Å². The summed E-state index contributed by atoms with van der Waals surface area (Å²) < 4.78 is 6.03. The Bertz CT molecular complexity index is 649. The molecule has 0 radical (unpaired) electrons. The molecule has 1 atom stereocenters. The Hall–Kier alpha value is -2.18. The molecule has 3 rings (SSSR count). The fraction of sp³-hybridized carbons (Fsp3) is 0.474. The van der Waals surface area contributed by atoms with Crippen LogP contribution in [0.25, 0.3) is 0 Å². The smallest absolute Gasteiger partial charge is 0.171 e. The Morgan fingerprint density at radius 2 is 2.00 bits per heavy atom. The molecule has 6 nitrogen and oxygen atoms in total. The van der Waals surface area contributed by atoms with E-state index in [2.05, 4.69) is 50.5 Å². The highest BCUT2D eigenvalue weighted by Crippen LogP contribution is 2.18. The van der Waals surface area contributed by atoms with E-state index in [0.717, 1.165) is 50.8 Å². The maximum absolute atomic E-state index is 6.03. The van der Waals surface area contributed by atoms with Crippen LogP contribution in [0.3, 0.4) is 0 Å². The number of ether oxygens (including phenoxy) is 1. The van der Waals surface area contributed by atoms with Gasteiger partial charge in [-0.3, -0.25) is 4.90 Å². The molecule has 0 aliphatic carbocycles. The van der Waals surface area contributed by atoms with Gasteiger partial charge in [0.25, 0.3) is 0 Å². The standard InChI is InChI=1S/C19H27N5O/c1-23(2)19-18(20-9-10-21-19)22-13-17-15-24(11-6-12-25-17)14-16-7-4-3-5-8-16/h3-5,7-10,17H,6,11-15H2,1-2H3,(H,20,22). The van der Waals surface area contributed by atoms with Crippen LogP contribution in [0, 0.1) is 0 Å². The summed E-state index contributed by atoms with van der Waals surface area (Å²) in [4.78, 5) is 13.2. The monoisotopic (exact) mass is 341 g/mol. The van der Waals surface area contributed by atoms with Gasteiger partial charge in [0.1, 0.15) is 0 Å². The first kappa shape index (κ1) is 17.6. The topological polar surface area (TPSA) is 53.5 Å². The summed E-state index contributed by atoms with van der Waals surface area (Å²) in [5, 5.41) is 3.41. The average molecular weight is 341 g/mol. The number of benzene rings is 1. The molecule has 1 unspecified atom stereocenters. The van der Waals surface area contributed by atoms with Gasteiger partial charge in [0.15, 0.2) is 11.6 Å². The largest absolute Gasteiger partial charge is 0.375 e. The van der Waals surface area contributed by atoms with Crippen molar-refractivity contribution in [2.24, 2.45) is 0 Å². The van der Waals surface area contributed by atoms with E-state index in [1.165, 1.54) is 5.56 Å². The van der Waals surface area contributed by atoms with Crippen LogP contribution >= 0.6 is 0 Å². The predicted octanol–water partition coefficient (Wildman–Crippen LogP) is 2.25. The number of aromatic nitrogens is 2. The zero-order valence-electron chi connectivity index (χ0n) is 15.1. The number of hydrogen-bond donors (Lipinski definition) is 1. The van der Waals surface area contributed by atoms with Gasteiger partial charge in [-0.05, 0) is 12.0 Å². The second-order valence-corrected chi connectivity index (χ2v) is 6.57. The molecule has 1 aliphatic heterocycles. The molecule has 134 valence electrons. The van der Waals surface area contributed by atoms with Crippen LogP contribution in [0.2, 0.25) is 0 Å². The maximum Gasteiger partial charge on any atom is 0.171 e. The second kappa shape index (κ2) is 8.78. The van der Waals surface area contributed by atoms with Crippen molar-refractivity contribution in [1.82, 2.24) is 14.9 Å². The van der Waals surface area contributed by atoms with E-state index in [-0.39, 0.29) is 6.10 Å². The number of rotatable bonds is 6. The lowest BCUT2D eigenvalue weighted by atomic mass is 10.2. The molecule has 6 heteroatoms. The first-order valence-corrected chi connectivity index (χ1v) is 8.82. The van der Waals surface area contributed by atoms with Gasteiger partial charge in [-0.25, -0.2) is 9.97 Å². The average Bonchev–Trinajstić information content (AvgIpc) is 2.86. The van der Waals surface area contributed by atoms with E-state index >= 15 is 0 Å². The van der Waals surface area contributed by atoms with Gasteiger partial charge >= 0.3 is 0 Å². The van der Waals surface area contributed by atoms with Crippen LogP contribution in [0.4, 0.5) is 11.6 Å². The third-order valence-electron chi connectivity index (χ3n) is 4.28. The minimum Gasteiger partial charge on any atom is -0.375 e. The minimum absolute atomic E-state index is 0.142. The van der Waals surface area contributed by atoms with Crippen LogP contribution in [-0.4, -0.2) is 61.3 Å². The highest BCUT2D eigenvalue weighted by Gasteiger charge is 2.19. The number of anilines is 2. The Labute approximate surface area is 149 Å². The van der Waals surface area contributed by atoms with E-state index in [4.69, 9.17) is 4.74 Å². The molecule has 0 bridgehead atoms. The molecule has 0 saturated carbocycles. The summed E-state index contributed by atoms with van der Waals surface area (Å²) in [6.07, 6.45) is 4.63. The van der Waals surface area contributed by atoms with Gasteiger partial charge in [-0.2, -0.15) is 0 Å². The molecule has 25 heavy (non-hydrogen) atoms. The van der Waals surface area contributed by atoms with Crippen LogP contribution in [-0.2, 0) is 11.3 Å². The maximum atomic E-state index is 6.03. The van der Waals surface area contributed by atoms with E-state index in [9.17, 15) is 0 Å². The molecule has 1 aromatic carbocycles. The summed E-state index contributed by atoms with van der Waals surface area (Å²) in [6, 6.07) is 10.6. The van der Waals surface area contributed by atoms with Crippen molar-refractivity contribution in [3.63, 3.8) is 0 Å². The van der Waals surface area contributed by atoms with Gasteiger partial charge in [-0.15, -0.1) is 0 Å². The lowest BCUT2D eigenvalue weighted by Crippen LogP contribution is -2.35. The Balaban J connectivity index is 1.58. The second-order valence-electron chi connectivity index (χ2n) is 6.57. The van der Waals surface area contributed by atoms with Crippen molar-refractivity contribution in [3.8, 4) is 0 Å². The quantitative estimate of drug-likeness (QED) is 0.870. The van der Waals surface area contributed by atoms with E-state index in [1.54, 1.807) is 12.4 Å². The fourth-order valence-corrected chi connectivity index (χ4v) is 3.07. The van der Waals surface area contributed by atoms with Crippen molar-refractivity contribution in [2.75, 3.05) is 50.6 Å². The zero-order chi connectivity index (χ0) is 17.5. The first-order chi connectivity index (χ1) is 12.2. The van der Waals surface area contributed by atoms with Gasteiger partial charge in [0.05, 0.1) is 6.10 Å². The zero-order valence-corrected chi connectivity index (χ0v) is 15.1. The van der Waals surface area contributed by atoms with Crippen LogP contribution < -0.4 is 10.2 Å². The van der Waals surface area contributed by atoms with Gasteiger partial charge < -0.3 is 15.0 Å². The molecule has 1 N–H and O–H groups in total. The summed E-state index contributed by atoms with van der Waals surface area (Å²) in [5.41, 5.74) is 1.35. The van der Waals surface area contributed by atoms with Crippen molar-refractivity contribution in [1.29, 1.82) is 0 Å². The summed E-state index contributed by atoms with van der Waals surface area (Å²) in [5.74, 6) is 1.65. The lowest BCUT2D eigenvalue weighted by Gasteiger charge is -2.24. The number of nitrogens with one attached hydrogen (secondary N) is 1. The predicted molar refractivity (Wildman–Crippen MR) is 101 cm³/mol. The normalized spacial score (nSPS) is 18.6. The van der Waals surface area contributed by atoms with E-state index in [1.807, 2.05) is 19.0 Å². The summed E-state index contributed by atoms with van der Waals surface area (Å²) in [7, 11) is 3.94. The van der Waals surface area contributed by atoms with E-state index in [0.29, 0.717) is 0 Å². The summed E-state index contributed by atoms with van der Waals surface area (Å²) >= 11 is 0. The van der Waals surface area contributed by atoms with Crippen LogP contribution in [0.15, 0.2) is 42.7 Å². The number of nitrogens with zero attached hydrogens (tertiary/aromatic N) is 4. The third kappa shape index (κ3) is 5.14. The highest BCUT2D eigenvalue weighted by molar-refractivity contribution is 5.59.